The molecule has 4 aromatic heterocycles. The number of hydrogen-bond acceptors (Lipinski definition) is 4. The lowest BCUT2D eigenvalue weighted by Gasteiger charge is -2.28. The van der Waals surface area contributed by atoms with Gasteiger partial charge in [0.2, 0.25) is 5.89 Å². The standard InChI is InChI=1S/C52H33N3O2/c1-52(2)41-17-9-6-14-34(41)35-23-20-32(27-42(35)52)54(33-21-24-37-36-15-8-11-19-46(36)56-47(37)28-33)31-22-25-45-39(26-31)40-29-43-50(57-51(53-43)30-12-4-3-5-13-30)48-38-16-7-10-18-44(38)55(45)49(40)48/h3-29H,1-2H3. The Labute approximate surface area is 327 Å². The summed E-state index contributed by atoms with van der Waals surface area (Å²) in [5, 5.41) is 6.80. The molecule has 0 radical (unpaired) electrons. The predicted molar refractivity (Wildman–Crippen MR) is 234 cm³/mol. The van der Waals surface area contributed by atoms with Crippen LogP contribution < -0.4 is 4.90 Å². The molecule has 4 heterocycles. The van der Waals surface area contributed by atoms with Crippen LogP contribution in [0, 0.1) is 0 Å². The van der Waals surface area contributed by atoms with E-state index in [9.17, 15) is 0 Å². The third-order valence-electron chi connectivity index (χ3n) is 12.5. The lowest BCUT2D eigenvalue weighted by Crippen LogP contribution is -2.16. The van der Waals surface area contributed by atoms with Gasteiger partial charge in [-0.05, 0) is 95.1 Å². The SMILES string of the molecule is CC1(C)c2ccccc2-c2ccc(N(c3ccc4c(c3)oc3ccccc34)c3ccc4c(c3)c3cc5nc(-c6ccccc6)oc5c5c6ccccc6n4c35)cc21. The Morgan fingerprint density at radius 1 is 0.509 bits per heavy atom. The van der Waals surface area contributed by atoms with E-state index in [2.05, 4.69) is 157 Å². The highest BCUT2D eigenvalue weighted by Crippen LogP contribution is 2.52. The Bertz CT molecular complexity index is 3620. The zero-order chi connectivity index (χ0) is 37.6. The quantitative estimate of drug-likeness (QED) is 0.181. The maximum Gasteiger partial charge on any atom is 0.227 e. The van der Waals surface area contributed by atoms with Gasteiger partial charge in [0.1, 0.15) is 16.7 Å². The van der Waals surface area contributed by atoms with E-state index < -0.39 is 0 Å². The smallest absolute Gasteiger partial charge is 0.227 e. The highest BCUT2D eigenvalue weighted by Gasteiger charge is 2.36. The van der Waals surface area contributed by atoms with Crippen LogP contribution in [-0.2, 0) is 5.41 Å². The summed E-state index contributed by atoms with van der Waals surface area (Å²) in [4.78, 5) is 7.48. The maximum absolute atomic E-state index is 6.64. The summed E-state index contributed by atoms with van der Waals surface area (Å²) in [7, 11) is 0. The molecule has 0 atom stereocenters. The van der Waals surface area contributed by atoms with Crippen molar-refractivity contribution in [2.75, 3.05) is 4.90 Å². The first-order chi connectivity index (χ1) is 28.0. The van der Waals surface area contributed by atoms with Gasteiger partial charge in [0.25, 0.3) is 0 Å². The Kier molecular flexibility index (Phi) is 5.91. The van der Waals surface area contributed by atoms with Gasteiger partial charge in [-0.15, -0.1) is 0 Å². The second kappa shape index (κ2) is 10.9. The molecule has 0 saturated heterocycles. The zero-order valence-electron chi connectivity index (χ0n) is 31.2. The molecule has 0 N–H and O–H groups in total. The molecule has 0 saturated carbocycles. The van der Waals surface area contributed by atoms with Gasteiger partial charge in [-0.3, -0.25) is 0 Å². The molecule has 0 aliphatic heterocycles. The second-order valence-corrected chi connectivity index (χ2v) is 15.9. The number of nitrogens with zero attached hydrogens (tertiary/aromatic N) is 3. The maximum atomic E-state index is 6.64. The van der Waals surface area contributed by atoms with Crippen LogP contribution in [0.15, 0.2) is 173 Å². The van der Waals surface area contributed by atoms with Crippen molar-refractivity contribution in [3.63, 3.8) is 0 Å². The van der Waals surface area contributed by atoms with Gasteiger partial charge >= 0.3 is 0 Å². The third kappa shape index (κ3) is 4.10. The van der Waals surface area contributed by atoms with Crippen molar-refractivity contribution >= 4 is 88.2 Å². The summed E-state index contributed by atoms with van der Waals surface area (Å²) in [6.45, 7) is 4.68. The number of anilines is 3. The molecular formula is C52H33N3O2. The van der Waals surface area contributed by atoms with Gasteiger partial charge in [-0.2, -0.15) is 0 Å². The molecule has 57 heavy (non-hydrogen) atoms. The van der Waals surface area contributed by atoms with E-state index in [0.717, 1.165) is 93.8 Å². The minimum Gasteiger partial charge on any atom is -0.456 e. The van der Waals surface area contributed by atoms with Gasteiger partial charge in [0.05, 0.1) is 21.9 Å². The van der Waals surface area contributed by atoms with E-state index in [-0.39, 0.29) is 5.41 Å². The molecule has 8 aromatic carbocycles. The topological polar surface area (TPSA) is 46.8 Å². The molecule has 1 aliphatic rings. The fourth-order valence-corrected chi connectivity index (χ4v) is 9.90. The van der Waals surface area contributed by atoms with Crippen molar-refractivity contribution in [1.29, 1.82) is 0 Å². The second-order valence-electron chi connectivity index (χ2n) is 15.9. The van der Waals surface area contributed by atoms with E-state index in [1.807, 2.05) is 30.3 Å². The minimum atomic E-state index is -0.143. The molecule has 0 unspecified atom stereocenters. The summed E-state index contributed by atoms with van der Waals surface area (Å²) < 4.78 is 15.5. The van der Waals surface area contributed by atoms with E-state index in [1.165, 1.54) is 22.3 Å². The van der Waals surface area contributed by atoms with Gasteiger partial charge in [0.15, 0.2) is 5.58 Å². The predicted octanol–water partition coefficient (Wildman–Crippen LogP) is 14.3. The number of para-hydroxylation sites is 2. The first-order valence-electron chi connectivity index (χ1n) is 19.5. The van der Waals surface area contributed by atoms with Crippen molar-refractivity contribution in [3.8, 4) is 22.6 Å². The van der Waals surface area contributed by atoms with E-state index in [0.29, 0.717) is 5.89 Å². The molecule has 0 bridgehead atoms. The molecule has 1 aliphatic carbocycles. The van der Waals surface area contributed by atoms with Crippen molar-refractivity contribution in [1.82, 2.24) is 9.38 Å². The van der Waals surface area contributed by atoms with Crippen LogP contribution in [0.1, 0.15) is 25.0 Å². The fourth-order valence-electron chi connectivity index (χ4n) is 9.90. The highest BCUT2D eigenvalue weighted by atomic mass is 16.3. The number of hydrogen-bond donors (Lipinski definition) is 0. The lowest BCUT2D eigenvalue weighted by atomic mass is 9.82. The number of fused-ring (bicyclic) bond motifs is 14. The average Bonchev–Trinajstić information content (AvgIpc) is 4.05. The molecule has 5 nitrogen and oxygen atoms in total. The van der Waals surface area contributed by atoms with E-state index in [1.54, 1.807) is 0 Å². The molecule has 0 fully saturated rings. The Balaban J connectivity index is 1.08. The number of furan rings is 1. The molecular weight excluding hydrogens is 699 g/mol. The fraction of sp³-hybridized carbons (Fsp3) is 0.0577. The first kappa shape index (κ1) is 30.9. The first-order valence-corrected chi connectivity index (χ1v) is 19.5. The normalized spacial score (nSPS) is 13.6. The molecule has 0 amide bonds. The van der Waals surface area contributed by atoms with Crippen LogP contribution in [0.3, 0.4) is 0 Å². The Morgan fingerprint density at radius 3 is 2.11 bits per heavy atom. The van der Waals surface area contributed by atoms with E-state index >= 15 is 0 Å². The number of rotatable bonds is 4. The van der Waals surface area contributed by atoms with Gasteiger partial charge in [-0.25, -0.2) is 4.98 Å². The Morgan fingerprint density at radius 2 is 1.19 bits per heavy atom. The zero-order valence-corrected chi connectivity index (χ0v) is 31.2. The largest absolute Gasteiger partial charge is 0.456 e. The van der Waals surface area contributed by atoms with Gasteiger partial charge in [0, 0.05) is 61.0 Å². The Hall–Kier alpha value is -7.37. The van der Waals surface area contributed by atoms with Crippen molar-refractivity contribution in [3.05, 3.63) is 175 Å². The minimum absolute atomic E-state index is 0.143. The number of aromatic nitrogens is 2. The van der Waals surface area contributed by atoms with Crippen molar-refractivity contribution < 1.29 is 8.83 Å². The molecule has 268 valence electrons. The lowest BCUT2D eigenvalue weighted by molar-refractivity contribution is 0.623. The van der Waals surface area contributed by atoms with Crippen LogP contribution in [0.5, 0.6) is 0 Å². The molecule has 13 rings (SSSR count). The number of benzene rings is 8. The average molecular weight is 732 g/mol. The third-order valence-corrected chi connectivity index (χ3v) is 12.5. The summed E-state index contributed by atoms with van der Waals surface area (Å²) in [5.41, 5.74) is 16.2. The summed E-state index contributed by atoms with van der Waals surface area (Å²) in [5.74, 6) is 0.629. The van der Waals surface area contributed by atoms with Crippen LogP contribution in [0.4, 0.5) is 17.1 Å². The van der Waals surface area contributed by atoms with Crippen LogP contribution in [0.25, 0.3) is 93.7 Å². The molecule has 12 aromatic rings. The summed E-state index contributed by atoms with van der Waals surface area (Å²) >= 11 is 0. The summed E-state index contributed by atoms with van der Waals surface area (Å²) in [6, 6.07) is 58.6. The molecule has 0 spiro atoms. The van der Waals surface area contributed by atoms with E-state index in [4.69, 9.17) is 13.8 Å². The highest BCUT2D eigenvalue weighted by molar-refractivity contribution is 6.30. The monoisotopic (exact) mass is 731 g/mol. The van der Waals surface area contributed by atoms with Crippen LogP contribution in [-0.4, -0.2) is 9.38 Å². The summed E-state index contributed by atoms with van der Waals surface area (Å²) in [6.07, 6.45) is 0. The van der Waals surface area contributed by atoms with Crippen LogP contribution in [0.2, 0.25) is 0 Å². The number of oxazole rings is 1. The van der Waals surface area contributed by atoms with Crippen molar-refractivity contribution in [2.45, 2.75) is 19.3 Å². The van der Waals surface area contributed by atoms with Crippen molar-refractivity contribution in [2.24, 2.45) is 0 Å². The molecule has 5 heteroatoms. The van der Waals surface area contributed by atoms with Gasteiger partial charge in [-0.1, -0.05) is 98.8 Å². The van der Waals surface area contributed by atoms with Crippen LogP contribution >= 0.6 is 0 Å². The van der Waals surface area contributed by atoms with Gasteiger partial charge < -0.3 is 18.1 Å².